The first kappa shape index (κ1) is 34.4. The monoisotopic (exact) mass is 572 g/mol. The maximum atomic E-state index is 13.5. The van der Waals surface area contributed by atoms with Gasteiger partial charge in [0.15, 0.2) is 0 Å². The molecule has 2 amide bonds. The molecule has 1 aromatic rings. The van der Waals surface area contributed by atoms with Gasteiger partial charge < -0.3 is 37.2 Å². The average Bonchev–Trinajstić information content (AvgIpc) is 2.88. The molecule has 0 heterocycles. The number of primary amides is 1. The molecular weight excluding hydrogens is 524 g/mol. The third kappa shape index (κ3) is 11.2. The topological polar surface area (TPSA) is 119 Å². The molecule has 1 aromatic carbocycles. The molecule has 0 unspecified atom stereocenters. The Labute approximate surface area is 230 Å². The van der Waals surface area contributed by atoms with Gasteiger partial charge in [-0.25, -0.2) is 0 Å². The van der Waals surface area contributed by atoms with Crippen LogP contribution < -0.4 is 5.73 Å². The number of benzene rings is 1. The van der Waals surface area contributed by atoms with Crippen molar-refractivity contribution in [1.82, 2.24) is 4.90 Å². The number of hydrogen-bond donors (Lipinski definition) is 1. The van der Waals surface area contributed by atoms with Crippen LogP contribution in [0.15, 0.2) is 24.3 Å². The molecule has 1 rings (SSSR count). The van der Waals surface area contributed by atoms with E-state index in [-0.39, 0.29) is 5.91 Å². The molecule has 0 spiro atoms. The Kier molecular flexibility index (Phi) is 16.8. The molecule has 0 aliphatic rings. The molecule has 0 fully saturated rings. The highest BCUT2D eigenvalue weighted by Gasteiger charge is 2.41. The first-order chi connectivity index (χ1) is 18.3. The van der Waals surface area contributed by atoms with Crippen molar-refractivity contribution in [3.63, 3.8) is 0 Å². The lowest BCUT2D eigenvalue weighted by Gasteiger charge is -2.31. The molecule has 0 aliphatic heterocycles. The zero-order valence-electron chi connectivity index (χ0n) is 24.1. The fourth-order valence-corrected chi connectivity index (χ4v) is 9.44. The molecule has 0 saturated carbocycles. The van der Waals surface area contributed by atoms with Crippen LogP contribution in [0.4, 0.5) is 0 Å². The summed E-state index contributed by atoms with van der Waals surface area (Å²) in [6.45, 7) is 15.5. The van der Waals surface area contributed by atoms with Crippen LogP contribution in [0, 0.1) is 0 Å². The zero-order chi connectivity index (χ0) is 28.4. The lowest BCUT2D eigenvalue weighted by Crippen LogP contribution is -2.47. The predicted molar refractivity (Wildman–Crippen MR) is 151 cm³/mol. The minimum Gasteiger partial charge on any atom is -0.374 e. The number of amides is 2. The summed E-state index contributed by atoms with van der Waals surface area (Å²) in [4.78, 5) is 26.8. The minimum atomic E-state index is -2.83. The molecule has 0 saturated heterocycles. The molecule has 2 N–H and O–H groups in total. The highest BCUT2D eigenvalue weighted by atomic mass is 28.4. The minimum absolute atomic E-state index is 0.131. The molecule has 0 aliphatic carbocycles. The number of carbonyl (C=O) groups is 2. The SMILES string of the molecule is CCO[Si](CCCN(CCC[Si](OCC)(OCC)OCC)C(=O)c1ccc(C(N)=O)cc1)(OCC)OCC. The van der Waals surface area contributed by atoms with Crippen LogP contribution >= 0.6 is 0 Å². The van der Waals surface area contributed by atoms with Gasteiger partial charge in [-0.2, -0.15) is 0 Å². The predicted octanol–water partition coefficient (Wildman–Crippen LogP) is 4.10. The number of rotatable bonds is 22. The van der Waals surface area contributed by atoms with E-state index in [1.807, 2.05) is 46.4 Å². The third-order valence-corrected chi connectivity index (χ3v) is 12.0. The average molecular weight is 573 g/mol. The van der Waals surface area contributed by atoms with Crippen molar-refractivity contribution in [3.8, 4) is 0 Å². The van der Waals surface area contributed by atoms with Crippen molar-refractivity contribution >= 4 is 29.4 Å². The van der Waals surface area contributed by atoms with Crippen molar-refractivity contribution in [3.05, 3.63) is 35.4 Å². The van der Waals surface area contributed by atoms with Crippen LogP contribution in [-0.4, -0.2) is 87.1 Å². The number of carbonyl (C=O) groups excluding carboxylic acids is 2. The summed E-state index contributed by atoms with van der Waals surface area (Å²) >= 11 is 0. The van der Waals surface area contributed by atoms with Gasteiger partial charge in [-0.1, -0.05) is 0 Å². The van der Waals surface area contributed by atoms with Crippen molar-refractivity contribution in [1.29, 1.82) is 0 Å². The molecule has 12 heteroatoms. The lowest BCUT2D eigenvalue weighted by molar-refractivity contribution is 0.0641. The van der Waals surface area contributed by atoms with Crippen LogP contribution in [0.3, 0.4) is 0 Å². The van der Waals surface area contributed by atoms with Gasteiger partial charge in [0.25, 0.3) is 5.91 Å². The first-order valence-corrected chi connectivity index (χ1v) is 17.6. The van der Waals surface area contributed by atoms with E-state index in [4.69, 9.17) is 32.3 Å². The van der Waals surface area contributed by atoms with Gasteiger partial charge in [0.05, 0.1) is 0 Å². The second-order valence-electron chi connectivity index (χ2n) is 8.41. The molecule has 0 atom stereocenters. The Hall–Kier alpha value is -1.65. The van der Waals surface area contributed by atoms with Crippen molar-refractivity contribution < 1.29 is 36.1 Å². The van der Waals surface area contributed by atoms with Gasteiger partial charge in [0.1, 0.15) is 0 Å². The molecule has 218 valence electrons. The van der Waals surface area contributed by atoms with E-state index in [1.54, 1.807) is 24.3 Å². The number of hydrogen-bond acceptors (Lipinski definition) is 8. The van der Waals surface area contributed by atoms with Gasteiger partial charge in [-0.15, -0.1) is 0 Å². The fraction of sp³-hybridized carbons (Fsp3) is 0.692. The van der Waals surface area contributed by atoms with Crippen LogP contribution in [0.2, 0.25) is 12.1 Å². The summed E-state index contributed by atoms with van der Waals surface area (Å²) in [5.41, 5.74) is 6.21. The van der Waals surface area contributed by atoms with Gasteiger partial charge in [0, 0.05) is 75.9 Å². The maximum absolute atomic E-state index is 13.5. The quantitative estimate of drug-likeness (QED) is 0.206. The van der Waals surface area contributed by atoms with Crippen LogP contribution in [0.5, 0.6) is 0 Å². The van der Waals surface area contributed by atoms with Gasteiger partial charge >= 0.3 is 17.6 Å². The van der Waals surface area contributed by atoms with Crippen LogP contribution in [0.1, 0.15) is 75.1 Å². The second-order valence-corrected chi connectivity index (χ2v) is 13.9. The Morgan fingerprint density at radius 2 is 0.947 bits per heavy atom. The normalized spacial score (nSPS) is 12.1. The van der Waals surface area contributed by atoms with E-state index in [0.717, 1.165) is 0 Å². The van der Waals surface area contributed by atoms with E-state index in [1.165, 1.54) is 0 Å². The van der Waals surface area contributed by atoms with Gasteiger partial charge in [-0.3, -0.25) is 9.59 Å². The lowest BCUT2D eigenvalue weighted by atomic mass is 10.1. The summed E-state index contributed by atoms with van der Waals surface area (Å²) in [5.74, 6) is -0.664. The highest BCUT2D eigenvalue weighted by molar-refractivity contribution is 6.61. The third-order valence-electron chi connectivity index (χ3n) is 5.71. The van der Waals surface area contributed by atoms with Gasteiger partial charge in [0.2, 0.25) is 5.91 Å². The number of nitrogens with zero attached hydrogens (tertiary/aromatic N) is 1. The Morgan fingerprint density at radius 3 is 1.24 bits per heavy atom. The van der Waals surface area contributed by atoms with Crippen LogP contribution in [0.25, 0.3) is 0 Å². The van der Waals surface area contributed by atoms with E-state index >= 15 is 0 Å². The second kappa shape index (κ2) is 18.6. The smallest absolute Gasteiger partial charge is 0.374 e. The Bertz CT molecular complexity index is 747. The summed E-state index contributed by atoms with van der Waals surface area (Å²) in [7, 11) is -5.66. The molecule has 10 nitrogen and oxygen atoms in total. The molecule has 0 radical (unpaired) electrons. The fourth-order valence-electron chi connectivity index (χ4n) is 4.25. The largest absolute Gasteiger partial charge is 0.500 e. The molecular formula is C26H48N2O8Si2. The van der Waals surface area contributed by atoms with Gasteiger partial charge in [-0.05, 0) is 78.6 Å². The van der Waals surface area contributed by atoms with E-state index in [0.29, 0.717) is 88.8 Å². The van der Waals surface area contributed by atoms with E-state index in [9.17, 15) is 9.59 Å². The van der Waals surface area contributed by atoms with Crippen molar-refractivity contribution in [2.75, 3.05) is 52.7 Å². The summed E-state index contributed by atoms with van der Waals surface area (Å²) in [5, 5.41) is 0. The van der Waals surface area contributed by atoms with E-state index in [2.05, 4.69) is 0 Å². The summed E-state index contributed by atoms with van der Waals surface area (Å²) < 4.78 is 35.9. The molecule has 0 bridgehead atoms. The molecule has 38 heavy (non-hydrogen) atoms. The standard InChI is InChI=1S/C26H48N2O8Si2/c1-7-31-37(32-8-2,33-9-3)21-13-19-28(26(30)24-17-15-23(16-18-24)25(27)29)20-14-22-38(34-10-4,35-11-5)36-12-6/h15-18H,7-14,19-22H2,1-6H3,(H2,27,29). The summed E-state index contributed by atoms with van der Waals surface area (Å²) in [6.07, 6.45) is 1.31. The van der Waals surface area contributed by atoms with Crippen LogP contribution in [-0.2, 0) is 26.6 Å². The van der Waals surface area contributed by atoms with Crippen molar-refractivity contribution in [2.24, 2.45) is 5.73 Å². The zero-order valence-corrected chi connectivity index (χ0v) is 26.1. The Balaban J connectivity index is 3.07. The van der Waals surface area contributed by atoms with Crippen molar-refractivity contribution in [2.45, 2.75) is 66.5 Å². The highest BCUT2D eigenvalue weighted by Crippen LogP contribution is 2.22. The Morgan fingerprint density at radius 1 is 0.632 bits per heavy atom. The molecule has 0 aromatic heterocycles. The van der Waals surface area contributed by atoms with E-state index < -0.39 is 23.5 Å². The first-order valence-electron chi connectivity index (χ1n) is 13.8. The summed E-state index contributed by atoms with van der Waals surface area (Å²) in [6, 6.07) is 7.61. The number of nitrogens with two attached hydrogens (primary N) is 1. The maximum Gasteiger partial charge on any atom is 0.500 e.